The van der Waals surface area contributed by atoms with E-state index in [4.69, 9.17) is 0 Å². The highest BCUT2D eigenvalue weighted by Gasteiger charge is 2.15. The molecule has 2 nitrogen and oxygen atoms in total. The predicted octanol–water partition coefficient (Wildman–Crippen LogP) is 4.87. The van der Waals surface area contributed by atoms with Gasteiger partial charge in [-0.15, -0.1) is 22.7 Å². The van der Waals surface area contributed by atoms with E-state index in [9.17, 15) is 0 Å². The minimum absolute atomic E-state index is 0.368. The molecule has 2 rings (SSSR count). The van der Waals surface area contributed by atoms with Gasteiger partial charge in [-0.05, 0) is 59.8 Å². The number of hydrogen-bond donors (Lipinski definition) is 1. The van der Waals surface area contributed by atoms with Crippen LogP contribution in [0.15, 0.2) is 15.2 Å². The summed E-state index contributed by atoms with van der Waals surface area (Å²) in [4.78, 5) is 5.99. The topological polar surface area (TPSA) is 24.9 Å². The number of halogens is 1. The molecule has 104 valence electrons. The predicted molar refractivity (Wildman–Crippen MR) is 88.3 cm³/mol. The first kappa shape index (κ1) is 15.2. The van der Waals surface area contributed by atoms with Crippen LogP contribution in [0.1, 0.15) is 40.5 Å². The summed E-state index contributed by atoms with van der Waals surface area (Å²) in [5.74, 6) is 0. The lowest BCUT2D eigenvalue weighted by Crippen LogP contribution is -2.23. The Hall–Kier alpha value is -0.230. The van der Waals surface area contributed by atoms with Crippen molar-refractivity contribution < 1.29 is 0 Å². The van der Waals surface area contributed by atoms with Crippen molar-refractivity contribution in [3.63, 3.8) is 0 Å². The lowest BCUT2D eigenvalue weighted by molar-refractivity contribution is 0.529. The van der Waals surface area contributed by atoms with Crippen molar-refractivity contribution in [1.29, 1.82) is 0 Å². The van der Waals surface area contributed by atoms with E-state index in [2.05, 4.69) is 58.4 Å². The van der Waals surface area contributed by atoms with Gasteiger partial charge in [-0.1, -0.05) is 6.92 Å². The Morgan fingerprint density at radius 3 is 2.74 bits per heavy atom. The van der Waals surface area contributed by atoms with Crippen LogP contribution in [0.25, 0.3) is 0 Å². The highest BCUT2D eigenvalue weighted by Crippen LogP contribution is 2.29. The molecule has 0 amide bonds. The van der Waals surface area contributed by atoms with Crippen LogP contribution in [-0.4, -0.2) is 11.5 Å². The monoisotopic (exact) mass is 358 g/mol. The van der Waals surface area contributed by atoms with Gasteiger partial charge in [0.15, 0.2) is 0 Å². The second kappa shape index (κ2) is 6.97. The molecule has 1 N–H and O–H groups in total. The molecule has 0 aliphatic heterocycles. The third-order valence-electron chi connectivity index (χ3n) is 3.08. The quantitative estimate of drug-likeness (QED) is 0.796. The Bertz CT molecular complexity index is 514. The number of hydrogen-bond acceptors (Lipinski definition) is 4. The van der Waals surface area contributed by atoms with E-state index in [0.717, 1.165) is 19.4 Å². The average Bonchev–Trinajstić information content (AvgIpc) is 2.92. The number of aryl methyl sites for hydroxylation is 2. The Balaban J connectivity index is 2.13. The first-order valence-corrected chi connectivity index (χ1v) is 8.99. The van der Waals surface area contributed by atoms with Gasteiger partial charge in [0, 0.05) is 17.3 Å². The highest BCUT2D eigenvalue weighted by molar-refractivity contribution is 9.11. The zero-order valence-corrected chi connectivity index (χ0v) is 14.7. The smallest absolute Gasteiger partial charge is 0.0949 e. The second-order valence-corrected chi connectivity index (χ2v) is 8.22. The molecule has 0 saturated carbocycles. The SMILES string of the molecule is CCCNC(Cc1nc(C)c(C)s1)c1csc(Br)c1. The van der Waals surface area contributed by atoms with E-state index in [1.54, 1.807) is 11.3 Å². The van der Waals surface area contributed by atoms with Gasteiger partial charge in [-0.2, -0.15) is 0 Å². The van der Waals surface area contributed by atoms with Crippen molar-refractivity contribution in [3.05, 3.63) is 36.4 Å². The molecule has 0 spiro atoms. The largest absolute Gasteiger partial charge is 0.310 e. The van der Waals surface area contributed by atoms with E-state index in [1.807, 2.05) is 11.3 Å². The minimum atomic E-state index is 0.368. The summed E-state index contributed by atoms with van der Waals surface area (Å²) in [7, 11) is 0. The van der Waals surface area contributed by atoms with Crippen LogP contribution in [0.2, 0.25) is 0 Å². The van der Waals surface area contributed by atoms with E-state index in [-0.39, 0.29) is 0 Å². The van der Waals surface area contributed by atoms with Crippen LogP contribution < -0.4 is 5.32 Å². The fourth-order valence-corrected chi connectivity index (χ4v) is 4.14. The third-order valence-corrected chi connectivity index (χ3v) is 5.70. The molecule has 0 aliphatic rings. The maximum absolute atomic E-state index is 4.66. The van der Waals surface area contributed by atoms with E-state index in [0.29, 0.717) is 6.04 Å². The molecule has 0 radical (unpaired) electrons. The van der Waals surface area contributed by atoms with Crippen molar-refractivity contribution in [1.82, 2.24) is 10.3 Å². The molecule has 0 bridgehead atoms. The van der Waals surface area contributed by atoms with Gasteiger partial charge in [-0.3, -0.25) is 0 Å². The van der Waals surface area contributed by atoms with Crippen molar-refractivity contribution in [2.75, 3.05) is 6.54 Å². The molecule has 0 saturated heterocycles. The zero-order valence-electron chi connectivity index (χ0n) is 11.5. The Morgan fingerprint density at radius 1 is 1.42 bits per heavy atom. The van der Waals surface area contributed by atoms with E-state index < -0.39 is 0 Å². The summed E-state index contributed by atoms with van der Waals surface area (Å²) in [6, 6.07) is 2.58. The Labute approximate surface area is 131 Å². The van der Waals surface area contributed by atoms with Gasteiger partial charge in [0.05, 0.1) is 14.5 Å². The van der Waals surface area contributed by atoms with E-state index in [1.165, 1.54) is 24.9 Å². The molecule has 1 unspecified atom stereocenters. The standard InChI is InChI=1S/C14H19BrN2S2/c1-4-5-16-12(11-6-13(15)18-8-11)7-14-17-9(2)10(3)19-14/h6,8,12,16H,4-5,7H2,1-3H3. The average molecular weight is 359 g/mol. The van der Waals surface area contributed by atoms with Crippen LogP contribution in [0.3, 0.4) is 0 Å². The molecule has 0 aliphatic carbocycles. The fraction of sp³-hybridized carbons (Fsp3) is 0.500. The van der Waals surface area contributed by atoms with Crippen molar-refractivity contribution >= 4 is 38.6 Å². The van der Waals surface area contributed by atoms with Crippen LogP contribution in [0, 0.1) is 13.8 Å². The Morgan fingerprint density at radius 2 is 2.21 bits per heavy atom. The van der Waals surface area contributed by atoms with Crippen molar-refractivity contribution in [2.45, 2.75) is 39.7 Å². The van der Waals surface area contributed by atoms with Crippen molar-refractivity contribution in [3.8, 4) is 0 Å². The number of thiophene rings is 1. The van der Waals surface area contributed by atoms with Crippen LogP contribution in [0.4, 0.5) is 0 Å². The molecule has 2 heterocycles. The number of thiazole rings is 1. The molecular formula is C14H19BrN2S2. The first-order valence-electron chi connectivity index (χ1n) is 6.50. The lowest BCUT2D eigenvalue weighted by Gasteiger charge is -2.16. The van der Waals surface area contributed by atoms with Gasteiger partial charge < -0.3 is 5.32 Å². The molecule has 0 fully saturated rings. The van der Waals surface area contributed by atoms with Gasteiger partial charge in [0.25, 0.3) is 0 Å². The van der Waals surface area contributed by atoms with Crippen LogP contribution >= 0.6 is 38.6 Å². The number of nitrogens with zero attached hydrogens (tertiary/aromatic N) is 1. The fourth-order valence-electron chi connectivity index (χ4n) is 1.93. The van der Waals surface area contributed by atoms with E-state index >= 15 is 0 Å². The zero-order chi connectivity index (χ0) is 13.8. The summed E-state index contributed by atoms with van der Waals surface area (Å²) >= 11 is 7.11. The molecule has 1 atom stereocenters. The molecule has 0 aromatic carbocycles. The number of aromatic nitrogens is 1. The summed E-state index contributed by atoms with van der Waals surface area (Å²) in [6.07, 6.45) is 2.13. The lowest BCUT2D eigenvalue weighted by atomic mass is 10.1. The molecular weight excluding hydrogens is 340 g/mol. The first-order chi connectivity index (χ1) is 9.10. The summed E-state index contributed by atoms with van der Waals surface area (Å²) < 4.78 is 1.19. The summed E-state index contributed by atoms with van der Waals surface area (Å²) in [5, 5.41) is 7.08. The Kier molecular flexibility index (Phi) is 5.57. The maximum atomic E-state index is 4.66. The molecule has 19 heavy (non-hydrogen) atoms. The van der Waals surface area contributed by atoms with Gasteiger partial charge in [0.2, 0.25) is 0 Å². The van der Waals surface area contributed by atoms with Crippen LogP contribution in [0.5, 0.6) is 0 Å². The minimum Gasteiger partial charge on any atom is -0.310 e. The molecule has 5 heteroatoms. The van der Waals surface area contributed by atoms with Gasteiger partial charge in [0.1, 0.15) is 0 Å². The van der Waals surface area contributed by atoms with Crippen LogP contribution in [-0.2, 0) is 6.42 Å². The number of nitrogens with one attached hydrogen (secondary N) is 1. The normalized spacial score (nSPS) is 12.8. The van der Waals surface area contributed by atoms with Gasteiger partial charge >= 0.3 is 0 Å². The maximum Gasteiger partial charge on any atom is 0.0949 e. The van der Waals surface area contributed by atoms with Crippen molar-refractivity contribution in [2.24, 2.45) is 0 Å². The third kappa shape index (κ3) is 4.12. The summed E-state index contributed by atoms with van der Waals surface area (Å²) in [6.45, 7) is 7.48. The number of rotatable bonds is 6. The second-order valence-electron chi connectivity index (χ2n) is 4.64. The summed E-state index contributed by atoms with van der Waals surface area (Å²) in [5.41, 5.74) is 2.52. The molecule has 2 aromatic rings. The molecule has 2 aromatic heterocycles. The highest BCUT2D eigenvalue weighted by atomic mass is 79.9. The van der Waals surface area contributed by atoms with Gasteiger partial charge in [-0.25, -0.2) is 4.98 Å².